The van der Waals surface area contributed by atoms with Crippen LogP contribution < -0.4 is 5.32 Å². The van der Waals surface area contributed by atoms with Crippen molar-refractivity contribution >= 4 is 5.91 Å². The number of aliphatic hydroxyl groups is 11. The third kappa shape index (κ3) is 34.8. The predicted octanol–water partition coefficient (Wildman–Crippen LogP) is 9.27. The Bertz CT molecular complexity index is 2030. The number of carbonyl (C=O) groups is 1. The largest absolute Gasteiger partial charge is 0.394 e. The van der Waals surface area contributed by atoms with Crippen LogP contribution in [-0.2, 0) is 33.2 Å². The molecule has 0 aromatic rings. The fourth-order valence-corrected chi connectivity index (χ4v) is 11.2. The van der Waals surface area contributed by atoms with Gasteiger partial charge in [-0.3, -0.25) is 4.79 Å². The molecule has 3 rings (SSSR count). The molecule has 17 unspecified atom stereocenters. The summed E-state index contributed by atoms with van der Waals surface area (Å²) in [5.41, 5.74) is 0. The zero-order valence-electron chi connectivity index (χ0n) is 55.3. The van der Waals surface area contributed by atoms with Gasteiger partial charge in [0.15, 0.2) is 18.9 Å². The van der Waals surface area contributed by atoms with Crippen molar-refractivity contribution in [2.24, 2.45) is 0 Å². The Morgan fingerprint density at radius 1 is 0.407 bits per heavy atom. The average molecular weight is 1290 g/mol. The topological polar surface area (TPSA) is 307 Å². The normalized spacial score (nSPS) is 28.5. The monoisotopic (exact) mass is 1290 g/mol. The van der Waals surface area contributed by atoms with Gasteiger partial charge in [-0.1, -0.05) is 227 Å². The second kappa shape index (κ2) is 52.9. The van der Waals surface area contributed by atoms with Crippen molar-refractivity contribution in [3.63, 3.8) is 0 Å². The molecule has 0 aromatic carbocycles. The Hall–Kier alpha value is -3.29. The molecule has 0 aliphatic carbocycles. The number of unbranched alkanes of at least 4 members (excludes halogenated alkanes) is 22. The number of allylic oxidation sites excluding steroid dienone is 15. The predicted molar refractivity (Wildman–Crippen MR) is 355 cm³/mol. The number of ether oxygens (including phenoxy) is 6. The highest BCUT2D eigenvalue weighted by molar-refractivity contribution is 5.76. The van der Waals surface area contributed by atoms with Gasteiger partial charge in [0.2, 0.25) is 5.91 Å². The van der Waals surface area contributed by atoms with Crippen molar-refractivity contribution in [2.75, 3.05) is 26.4 Å². The fourth-order valence-electron chi connectivity index (χ4n) is 11.2. The van der Waals surface area contributed by atoms with E-state index >= 15 is 0 Å². The molecule has 0 radical (unpaired) electrons. The number of carbonyl (C=O) groups excluding carboxylic acids is 1. The number of nitrogens with one attached hydrogen (secondary N) is 1. The van der Waals surface area contributed by atoms with Gasteiger partial charge in [0.05, 0.1) is 38.6 Å². The number of amides is 1. The van der Waals surface area contributed by atoms with Gasteiger partial charge in [-0.2, -0.15) is 0 Å². The van der Waals surface area contributed by atoms with E-state index in [0.717, 1.165) is 57.8 Å². The van der Waals surface area contributed by atoms with Crippen LogP contribution in [0.15, 0.2) is 97.2 Å². The Morgan fingerprint density at radius 3 is 1.23 bits per heavy atom. The van der Waals surface area contributed by atoms with Gasteiger partial charge < -0.3 is 89.9 Å². The van der Waals surface area contributed by atoms with E-state index in [-0.39, 0.29) is 12.3 Å². The standard InChI is InChI=1S/C72H123NO18/c1-3-5-7-9-11-13-15-17-19-21-22-23-24-25-26-27-28-29-30-31-32-34-35-37-39-41-43-45-47-49-56(77)55(73-60(78)50-48-46-44-42-40-38-36-33-20-18-16-14-12-10-8-6-4-2)54-86-70-66(84)63(81)68(58(52-75)88-70)91-72-67(85)64(82)69(59(53-76)89-72)90-71-65(83)62(80)61(79)57(51-74)87-71/h6,8,12,14,18,20,32,34,36,38-39,41-42,44,47,49,55-59,61-72,74-77,79-85H,3-5,7,9-11,13,15-17,19,21-31,33,35,37,40,43,45-46,48,50-54H2,1-2H3,(H,73,78)/b8-6-,14-12-,20-18-,34-32+,38-36-,41-39+,44-42-,49-47+. The van der Waals surface area contributed by atoms with Gasteiger partial charge in [-0.05, 0) is 83.5 Å². The minimum Gasteiger partial charge on any atom is -0.394 e. The number of aliphatic hydroxyl groups excluding tert-OH is 11. The molecule has 3 saturated heterocycles. The second-order valence-corrected chi connectivity index (χ2v) is 24.6. The molecule has 0 saturated carbocycles. The zero-order valence-corrected chi connectivity index (χ0v) is 55.3. The van der Waals surface area contributed by atoms with E-state index < -0.39 is 131 Å². The van der Waals surface area contributed by atoms with E-state index in [2.05, 4.69) is 92.1 Å². The van der Waals surface area contributed by atoms with Crippen LogP contribution in [0.1, 0.15) is 219 Å². The lowest BCUT2D eigenvalue weighted by Crippen LogP contribution is -2.66. The Kier molecular flexibility index (Phi) is 47.7. The molecular weight excluding hydrogens is 1170 g/mol. The zero-order chi connectivity index (χ0) is 66.1. The van der Waals surface area contributed by atoms with E-state index in [4.69, 9.17) is 28.4 Å². The van der Waals surface area contributed by atoms with E-state index in [1.54, 1.807) is 6.08 Å². The van der Waals surface area contributed by atoms with Crippen molar-refractivity contribution in [3.8, 4) is 0 Å². The quantitative estimate of drug-likeness (QED) is 0.0199. The summed E-state index contributed by atoms with van der Waals surface area (Å²) in [6, 6.07) is -1.03. The fraction of sp³-hybridized carbons (Fsp3) is 0.764. The van der Waals surface area contributed by atoms with Crippen LogP contribution in [0.4, 0.5) is 0 Å². The molecule has 3 aliphatic rings. The maximum atomic E-state index is 13.3. The lowest BCUT2D eigenvalue weighted by molar-refractivity contribution is -0.379. The van der Waals surface area contributed by atoms with Crippen molar-refractivity contribution in [1.82, 2.24) is 5.32 Å². The molecule has 19 nitrogen and oxygen atoms in total. The summed E-state index contributed by atoms with van der Waals surface area (Å²) in [6.07, 6.45) is 42.7. The summed E-state index contributed by atoms with van der Waals surface area (Å²) in [5.74, 6) is -0.349. The number of rotatable bonds is 52. The Balaban J connectivity index is 1.46. The first kappa shape index (κ1) is 81.9. The van der Waals surface area contributed by atoms with Crippen molar-refractivity contribution in [3.05, 3.63) is 97.2 Å². The smallest absolute Gasteiger partial charge is 0.220 e. The number of hydrogen-bond donors (Lipinski definition) is 12. The Morgan fingerprint density at radius 2 is 0.769 bits per heavy atom. The van der Waals surface area contributed by atoms with Crippen molar-refractivity contribution < 1.29 is 89.4 Å². The van der Waals surface area contributed by atoms with Crippen LogP contribution >= 0.6 is 0 Å². The molecule has 12 N–H and O–H groups in total. The molecule has 0 aromatic heterocycles. The third-order valence-corrected chi connectivity index (χ3v) is 16.8. The SMILES string of the molecule is CC/C=C\C/C=C\C/C=C\C/C=C\C/C=C\CCCC(=O)NC(COC1OC(CO)C(OC2OC(CO)C(OC3OC(CO)C(O)C(O)C3O)C(O)C2O)C(O)C1O)C(O)/C=C/CC/C=C/CC/C=C/CCCCCCCCCCCCCCCCCCCCC. The summed E-state index contributed by atoms with van der Waals surface area (Å²) >= 11 is 0. The van der Waals surface area contributed by atoms with Gasteiger partial charge in [-0.15, -0.1) is 0 Å². The van der Waals surface area contributed by atoms with Gasteiger partial charge in [-0.25, -0.2) is 0 Å². The first-order valence-corrected chi connectivity index (χ1v) is 35.0. The molecule has 3 heterocycles. The highest BCUT2D eigenvalue weighted by atomic mass is 16.8. The Labute approximate surface area is 545 Å². The molecule has 17 atom stereocenters. The first-order valence-electron chi connectivity index (χ1n) is 35.0. The summed E-state index contributed by atoms with van der Waals surface area (Å²) in [6.45, 7) is 1.54. The minimum atomic E-state index is -1.99. The molecule has 19 heteroatoms. The molecular formula is C72H123NO18. The van der Waals surface area contributed by atoms with Gasteiger partial charge in [0, 0.05) is 6.42 Å². The van der Waals surface area contributed by atoms with Crippen LogP contribution in [0.25, 0.3) is 0 Å². The average Bonchev–Trinajstić information content (AvgIpc) is 0.885. The van der Waals surface area contributed by atoms with E-state index in [1.807, 2.05) is 18.2 Å². The summed E-state index contributed by atoms with van der Waals surface area (Å²) in [7, 11) is 0. The van der Waals surface area contributed by atoms with Crippen LogP contribution in [0.5, 0.6) is 0 Å². The maximum Gasteiger partial charge on any atom is 0.220 e. The molecule has 0 spiro atoms. The highest BCUT2D eigenvalue weighted by Crippen LogP contribution is 2.33. The second-order valence-electron chi connectivity index (χ2n) is 24.6. The highest BCUT2D eigenvalue weighted by Gasteiger charge is 2.53. The molecule has 3 aliphatic heterocycles. The van der Waals surface area contributed by atoms with Crippen LogP contribution in [0.3, 0.4) is 0 Å². The lowest BCUT2D eigenvalue weighted by Gasteiger charge is -2.48. The van der Waals surface area contributed by atoms with Gasteiger partial charge >= 0.3 is 0 Å². The maximum absolute atomic E-state index is 13.3. The van der Waals surface area contributed by atoms with Gasteiger partial charge in [0.25, 0.3) is 0 Å². The molecule has 0 bridgehead atoms. The minimum absolute atomic E-state index is 0.148. The number of hydrogen-bond acceptors (Lipinski definition) is 18. The summed E-state index contributed by atoms with van der Waals surface area (Å²) < 4.78 is 34.3. The lowest BCUT2D eigenvalue weighted by atomic mass is 9.96. The van der Waals surface area contributed by atoms with E-state index in [1.165, 1.54) is 122 Å². The van der Waals surface area contributed by atoms with Crippen LogP contribution in [0, 0.1) is 0 Å². The molecule has 3 fully saturated rings. The van der Waals surface area contributed by atoms with Gasteiger partial charge in [0.1, 0.15) is 73.2 Å². The first-order chi connectivity index (χ1) is 44.3. The molecule has 91 heavy (non-hydrogen) atoms. The van der Waals surface area contributed by atoms with Crippen molar-refractivity contribution in [2.45, 2.75) is 324 Å². The van der Waals surface area contributed by atoms with E-state index in [9.17, 15) is 61.0 Å². The molecule has 1 amide bonds. The molecule has 524 valence electrons. The third-order valence-electron chi connectivity index (χ3n) is 16.8. The summed E-state index contributed by atoms with van der Waals surface area (Å²) in [4.78, 5) is 13.3. The summed E-state index contributed by atoms with van der Waals surface area (Å²) in [5, 5.41) is 120. The van der Waals surface area contributed by atoms with Crippen molar-refractivity contribution in [1.29, 1.82) is 0 Å². The van der Waals surface area contributed by atoms with Crippen LogP contribution in [-0.4, -0.2) is 193 Å². The van der Waals surface area contributed by atoms with E-state index in [0.29, 0.717) is 19.3 Å². The van der Waals surface area contributed by atoms with Crippen LogP contribution in [0.2, 0.25) is 0 Å².